The molecule has 1 aliphatic carbocycles. The van der Waals surface area contributed by atoms with E-state index in [2.05, 4.69) is 16.0 Å². The minimum Gasteiger partial charge on any atom is -0.342 e. The fourth-order valence-electron chi connectivity index (χ4n) is 4.97. The van der Waals surface area contributed by atoms with Gasteiger partial charge in [-0.05, 0) is 43.4 Å². The zero-order valence-electron chi connectivity index (χ0n) is 17.2. The van der Waals surface area contributed by atoms with Gasteiger partial charge in [-0.3, -0.25) is 9.59 Å². The average molecular weight is 433 g/mol. The lowest BCUT2D eigenvalue weighted by Gasteiger charge is -2.36. The van der Waals surface area contributed by atoms with Crippen molar-refractivity contribution in [1.29, 1.82) is 0 Å². The largest absolute Gasteiger partial charge is 0.342 e. The molecule has 4 amide bonds. The fourth-order valence-corrected chi connectivity index (χ4v) is 5.14. The van der Waals surface area contributed by atoms with E-state index in [1.807, 2.05) is 6.92 Å². The molecule has 0 radical (unpaired) electrons. The number of urea groups is 1. The topological polar surface area (TPSA) is 90.5 Å². The molecule has 0 unspecified atom stereocenters. The Morgan fingerprint density at radius 2 is 2.00 bits per heavy atom. The number of nitrogens with one attached hydrogen (secondary N) is 3. The third-order valence-electron chi connectivity index (χ3n) is 6.65. The zero-order chi connectivity index (χ0) is 21.3. The van der Waals surface area contributed by atoms with Gasteiger partial charge in [0.1, 0.15) is 12.1 Å². The lowest BCUT2D eigenvalue weighted by atomic mass is 9.84. The molecular weight excluding hydrogens is 404 g/mol. The molecule has 2 saturated heterocycles. The lowest BCUT2D eigenvalue weighted by Crippen LogP contribution is -2.61. The van der Waals surface area contributed by atoms with Crippen molar-refractivity contribution in [1.82, 2.24) is 15.5 Å². The van der Waals surface area contributed by atoms with Gasteiger partial charge in [-0.25, -0.2) is 4.79 Å². The molecule has 2 heterocycles. The van der Waals surface area contributed by atoms with Crippen molar-refractivity contribution in [2.24, 2.45) is 5.92 Å². The van der Waals surface area contributed by atoms with Crippen LogP contribution in [0, 0.1) is 12.8 Å². The van der Waals surface area contributed by atoms with Crippen LogP contribution in [0.15, 0.2) is 18.2 Å². The molecule has 3 atom stereocenters. The van der Waals surface area contributed by atoms with E-state index in [0.717, 1.165) is 24.8 Å². The van der Waals surface area contributed by atoms with Crippen molar-refractivity contribution >= 4 is 35.1 Å². The van der Waals surface area contributed by atoms with Crippen LogP contribution >= 0.6 is 11.6 Å². The van der Waals surface area contributed by atoms with Gasteiger partial charge in [0, 0.05) is 17.3 Å². The van der Waals surface area contributed by atoms with E-state index in [9.17, 15) is 14.4 Å². The Balaban J connectivity index is 1.35. The Morgan fingerprint density at radius 1 is 1.23 bits per heavy atom. The first-order chi connectivity index (χ1) is 14.4. The highest BCUT2D eigenvalue weighted by Crippen LogP contribution is 2.30. The third-order valence-corrected chi connectivity index (χ3v) is 7.06. The predicted molar refractivity (Wildman–Crippen MR) is 115 cm³/mol. The Hall–Kier alpha value is -2.28. The molecule has 1 aromatic rings. The summed E-state index contributed by atoms with van der Waals surface area (Å²) in [4.78, 5) is 39.7. The summed E-state index contributed by atoms with van der Waals surface area (Å²) >= 11 is 6.11. The van der Waals surface area contributed by atoms with E-state index < -0.39 is 12.1 Å². The molecule has 3 N–H and O–H groups in total. The number of hydrogen-bond acceptors (Lipinski definition) is 3. The highest BCUT2D eigenvalue weighted by Gasteiger charge is 2.47. The van der Waals surface area contributed by atoms with E-state index in [4.69, 9.17) is 11.6 Å². The first-order valence-electron chi connectivity index (χ1n) is 10.9. The Morgan fingerprint density at radius 3 is 2.77 bits per heavy atom. The number of anilines is 1. The van der Waals surface area contributed by atoms with Crippen molar-refractivity contribution in [3.63, 3.8) is 0 Å². The molecule has 2 aliphatic heterocycles. The molecule has 3 fully saturated rings. The average Bonchev–Trinajstić information content (AvgIpc) is 3.15. The summed E-state index contributed by atoms with van der Waals surface area (Å²) in [5.74, 6) is 0.388. The van der Waals surface area contributed by atoms with Crippen molar-refractivity contribution < 1.29 is 14.4 Å². The summed E-state index contributed by atoms with van der Waals surface area (Å²) in [7, 11) is 0. The summed E-state index contributed by atoms with van der Waals surface area (Å²) in [5, 5.41) is 9.23. The quantitative estimate of drug-likeness (QED) is 0.682. The zero-order valence-corrected chi connectivity index (χ0v) is 18.0. The number of nitrogens with zero attached hydrogens (tertiary/aromatic N) is 1. The first kappa shape index (κ1) is 21.0. The summed E-state index contributed by atoms with van der Waals surface area (Å²) < 4.78 is 0. The molecule has 0 spiro atoms. The fraction of sp³-hybridized carbons (Fsp3) is 0.591. The number of hydrogen-bond donors (Lipinski definition) is 3. The van der Waals surface area contributed by atoms with E-state index in [0.29, 0.717) is 29.6 Å². The van der Waals surface area contributed by atoms with Crippen LogP contribution in [0.3, 0.4) is 0 Å². The molecule has 3 aliphatic rings. The number of piperazine rings is 1. The number of carbonyl (C=O) groups is 3. The molecule has 1 aromatic carbocycles. The normalized spacial score (nSPS) is 26.9. The Labute approximate surface area is 181 Å². The van der Waals surface area contributed by atoms with Gasteiger partial charge in [0.25, 0.3) is 0 Å². The van der Waals surface area contributed by atoms with Gasteiger partial charge in [-0.15, -0.1) is 0 Å². The maximum Gasteiger partial charge on any atom is 0.319 e. The second-order valence-corrected chi connectivity index (χ2v) is 9.16. The van der Waals surface area contributed by atoms with E-state index in [-0.39, 0.29) is 23.9 Å². The second-order valence-electron chi connectivity index (χ2n) is 8.75. The van der Waals surface area contributed by atoms with Crippen LogP contribution < -0.4 is 16.0 Å². The summed E-state index contributed by atoms with van der Waals surface area (Å²) in [5.41, 5.74) is 1.43. The van der Waals surface area contributed by atoms with E-state index in [1.54, 1.807) is 23.1 Å². The molecule has 30 heavy (non-hydrogen) atoms. The van der Waals surface area contributed by atoms with Crippen LogP contribution in [0.5, 0.6) is 0 Å². The minimum absolute atomic E-state index is 0.0134. The summed E-state index contributed by atoms with van der Waals surface area (Å²) in [6.07, 6.45) is 7.10. The van der Waals surface area contributed by atoms with Crippen molar-refractivity contribution in [2.45, 2.75) is 70.0 Å². The van der Waals surface area contributed by atoms with Gasteiger partial charge in [-0.1, -0.05) is 49.8 Å². The van der Waals surface area contributed by atoms with Crippen LogP contribution in [-0.4, -0.2) is 47.4 Å². The lowest BCUT2D eigenvalue weighted by molar-refractivity contribution is -0.147. The maximum atomic E-state index is 13.0. The number of rotatable bonds is 4. The first-order valence-corrected chi connectivity index (χ1v) is 11.2. The smallest absolute Gasteiger partial charge is 0.319 e. The number of carbonyl (C=O) groups excluding carboxylic acids is 3. The monoisotopic (exact) mass is 432 g/mol. The highest BCUT2D eigenvalue weighted by atomic mass is 35.5. The SMILES string of the molecule is Cc1c(Cl)cccc1NC(=O)N[C@H]1C[C@H]2C(=O)N[C@@H](CC3CCCCC3)C(=O)N2C1. The predicted octanol–water partition coefficient (Wildman–Crippen LogP) is 3.21. The minimum atomic E-state index is -0.502. The van der Waals surface area contributed by atoms with Gasteiger partial charge in [0.05, 0.1) is 6.04 Å². The van der Waals surface area contributed by atoms with Crippen molar-refractivity contribution in [2.75, 3.05) is 11.9 Å². The van der Waals surface area contributed by atoms with Crippen LogP contribution in [0.25, 0.3) is 0 Å². The standard InChI is InChI=1S/C22H29ClN4O3/c1-13-16(23)8-5-9-17(13)26-22(30)24-15-11-19-20(28)25-18(21(29)27(19)12-15)10-14-6-3-2-4-7-14/h5,8-9,14-15,18-19H,2-4,6-7,10-12H2,1H3,(H,25,28)(H2,24,26,30)/t15-,18-,19-/m0/s1. The van der Waals surface area contributed by atoms with Gasteiger partial charge < -0.3 is 20.9 Å². The van der Waals surface area contributed by atoms with Crippen LogP contribution in [0.2, 0.25) is 5.02 Å². The molecule has 162 valence electrons. The molecule has 7 nitrogen and oxygen atoms in total. The van der Waals surface area contributed by atoms with Gasteiger partial charge >= 0.3 is 6.03 Å². The van der Waals surface area contributed by atoms with Gasteiger partial charge in [0.15, 0.2) is 0 Å². The second kappa shape index (κ2) is 8.84. The van der Waals surface area contributed by atoms with E-state index in [1.165, 1.54) is 19.3 Å². The number of amides is 4. The molecule has 0 bridgehead atoms. The molecule has 1 saturated carbocycles. The number of halogens is 1. The summed E-state index contributed by atoms with van der Waals surface area (Å²) in [6.45, 7) is 2.20. The molecule has 4 rings (SSSR count). The molecule has 0 aromatic heterocycles. The van der Waals surface area contributed by atoms with Gasteiger partial charge in [-0.2, -0.15) is 0 Å². The third kappa shape index (κ3) is 4.41. The van der Waals surface area contributed by atoms with Crippen molar-refractivity contribution in [3.05, 3.63) is 28.8 Å². The summed E-state index contributed by atoms with van der Waals surface area (Å²) in [6, 6.07) is 3.76. The maximum absolute atomic E-state index is 13.0. The Bertz CT molecular complexity index is 840. The van der Waals surface area contributed by atoms with Gasteiger partial charge in [0.2, 0.25) is 11.8 Å². The number of fused-ring (bicyclic) bond motifs is 1. The van der Waals surface area contributed by atoms with E-state index >= 15 is 0 Å². The van der Waals surface area contributed by atoms with Crippen molar-refractivity contribution in [3.8, 4) is 0 Å². The Kier molecular flexibility index (Phi) is 6.18. The molecular formula is C22H29ClN4O3. The number of benzene rings is 1. The van der Waals surface area contributed by atoms with Crippen LogP contribution in [0.1, 0.15) is 50.5 Å². The molecule has 8 heteroatoms. The van der Waals surface area contributed by atoms with Crippen LogP contribution in [0.4, 0.5) is 10.5 Å². The highest BCUT2D eigenvalue weighted by molar-refractivity contribution is 6.31. The van der Waals surface area contributed by atoms with Crippen LogP contribution in [-0.2, 0) is 9.59 Å².